The van der Waals surface area contributed by atoms with Crippen molar-refractivity contribution in [2.24, 2.45) is 5.92 Å². The summed E-state index contributed by atoms with van der Waals surface area (Å²) in [6.45, 7) is 5.81. The van der Waals surface area contributed by atoms with E-state index in [4.69, 9.17) is 28.6 Å². The maximum atomic E-state index is 13.1. The predicted molar refractivity (Wildman–Crippen MR) is 119 cm³/mol. The molecule has 3 N–H and O–H groups in total. The van der Waals surface area contributed by atoms with Crippen molar-refractivity contribution in [3.8, 4) is 0 Å². The van der Waals surface area contributed by atoms with Crippen LogP contribution in [0.25, 0.3) is 0 Å². The lowest BCUT2D eigenvalue weighted by Crippen LogP contribution is -2.47. The Morgan fingerprint density at radius 1 is 1.31 bits per heavy atom. The van der Waals surface area contributed by atoms with Crippen molar-refractivity contribution in [2.45, 2.75) is 62.4 Å². The Balaban J connectivity index is 1.57. The fourth-order valence-corrected chi connectivity index (χ4v) is 4.64. The molecule has 8 heteroatoms. The molecule has 160 valence electrons. The molecule has 3 rings (SSSR count). The maximum Gasteiger partial charge on any atom is 0.242 e. The number of amides is 1. The van der Waals surface area contributed by atoms with Gasteiger partial charge in [-0.3, -0.25) is 4.79 Å². The van der Waals surface area contributed by atoms with Crippen molar-refractivity contribution in [2.75, 3.05) is 25.0 Å². The first kappa shape index (κ1) is 22.3. The van der Waals surface area contributed by atoms with Crippen LogP contribution < -0.4 is 10.6 Å². The fraction of sp³-hybridized carbons (Fsp3) is 0.667. The average Bonchev–Trinajstić information content (AvgIpc) is 3.13. The summed E-state index contributed by atoms with van der Waals surface area (Å²) in [5.41, 5.74) is 1.27. The first-order valence-electron chi connectivity index (χ1n) is 10.5. The molecule has 29 heavy (non-hydrogen) atoms. The second-order valence-electron chi connectivity index (χ2n) is 8.00. The zero-order valence-corrected chi connectivity index (χ0v) is 18.7. The van der Waals surface area contributed by atoms with Gasteiger partial charge in [0.25, 0.3) is 0 Å². The third kappa shape index (κ3) is 5.41. The van der Waals surface area contributed by atoms with E-state index in [1.807, 2.05) is 24.0 Å². The van der Waals surface area contributed by atoms with E-state index in [0.29, 0.717) is 23.9 Å². The molecule has 3 unspecified atom stereocenters. The van der Waals surface area contributed by atoms with E-state index in [9.17, 15) is 4.79 Å². The number of likely N-dealkylation sites (tertiary alicyclic amines) is 1. The molecule has 0 spiro atoms. The Hall–Kier alpha value is -1.37. The number of carbonyl (C=O) groups excluding carboxylic acids is 1. The number of rotatable bonds is 10. The fourth-order valence-electron chi connectivity index (χ4n) is 4.12. The molecule has 2 heterocycles. The zero-order chi connectivity index (χ0) is 21.0. The zero-order valence-electron chi connectivity index (χ0n) is 17.2. The van der Waals surface area contributed by atoms with Gasteiger partial charge >= 0.3 is 0 Å². The quantitative estimate of drug-likeness (QED) is 0.382. The van der Waals surface area contributed by atoms with Gasteiger partial charge in [-0.25, -0.2) is 4.98 Å². The van der Waals surface area contributed by atoms with E-state index < -0.39 is 4.33 Å². The largest absolute Gasteiger partial charge is 0.360 e. The minimum atomic E-state index is -0.569. The van der Waals surface area contributed by atoms with Crippen molar-refractivity contribution < 1.29 is 4.79 Å². The summed E-state index contributed by atoms with van der Waals surface area (Å²) in [5.74, 6) is 0.983. The van der Waals surface area contributed by atoms with Gasteiger partial charge in [0.1, 0.15) is 10.2 Å². The molecule has 1 aromatic rings. The lowest BCUT2D eigenvalue weighted by atomic mass is 10.1. The number of nitrogens with one attached hydrogen (secondary N) is 3. The maximum absolute atomic E-state index is 13.1. The standard InChI is InChI=1S/C21H31Cl2N5O/c1-3-15-7-8-16(12-25-11-14-10-21(14,22)23)28(15)19(29)13-27-20-17(18(24)4-2)6-5-9-26-20/h5-6,9,14-16,24-25H,3-4,7-8,10-13H2,1-2H3,(H,26,27). The molecule has 0 aromatic carbocycles. The van der Waals surface area contributed by atoms with Crippen molar-refractivity contribution >= 4 is 40.6 Å². The van der Waals surface area contributed by atoms with Gasteiger partial charge in [-0.1, -0.05) is 13.8 Å². The van der Waals surface area contributed by atoms with E-state index >= 15 is 0 Å². The van der Waals surface area contributed by atoms with E-state index in [1.54, 1.807) is 6.20 Å². The van der Waals surface area contributed by atoms with Gasteiger partial charge in [0.15, 0.2) is 0 Å². The van der Waals surface area contributed by atoms with Gasteiger partial charge in [-0.2, -0.15) is 0 Å². The lowest BCUT2D eigenvalue weighted by molar-refractivity contribution is -0.132. The van der Waals surface area contributed by atoms with E-state index in [1.165, 1.54) is 0 Å². The smallest absolute Gasteiger partial charge is 0.242 e. The Labute approximate surface area is 183 Å². The molecule has 2 fully saturated rings. The predicted octanol–water partition coefficient (Wildman–Crippen LogP) is 3.82. The second-order valence-corrected chi connectivity index (χ2v) is 9.54. The van der Waals surface area contributed by atoms with Crippen LogP contribution >= 0.6 is 23.2 Å². The third-order valence-electron chi connectivity index (χ3n) is 6.00. The summed E-state index contributed by atoms with van der Waals surface area (Å²) in [5, 5.41) is 14.7. The highest BCUT2D eigenvalue weighted by atomic mass is 35.5. The molecular formula is C21H31Cl2N5O. The van der Waals surface area contributed by atoms with Crippen LogP contribution in [0.5, 0.6) is 0 Å². The topological polar surface area (TPSA) is 81.1 Å². The molecule has 1 saturated carbocycles. The molecule has 3 atom stereocenters. The van der Waals surface area contributed by atoms with Gasteiger partial charge < -0.3 is 20.9 Å². The van der Waals surface area contributed by atoms with Crippen molar-refractivity contribution in [1.82, 2.24) is 15.2 Å². The lowest BCUT2D eigenvalue weighted by Gasteiger charge is -2.30. The van der Waals surface area contributed by atoms with E-state index in [0.717, 1.165) is 44.3 Å². The summed E-state index contributed by atoms with van der Waals surface area (Å²) in [6, 6.07) is 4.15. The minimum absolute atomic E-state index is 0.0798. The molecule has 2 aliphatic rings. The molecule has 1 saturated heterocycles. The molecule has 1 aromatic heterocycles. The number of carbonyl (C=O) groups is 1. The Kier molecular flexibility index (Phi) is 7.41. The van der Waals surface area contributed by atoms with Gasteiger partial charge in [0.2, 0.25) is 5.91 Å². The number of hydrogen-bond acceptors (Lipinski definition) is 5. The summed E-state index contributed by atoms with van der Waals surface area (Å²) in [4.78, 5) is 19.4. The van der Waals surface area contributed by atoms with Crippen LogP contribution in [0.2, 0.25) is 0 Å². The van der Waals surface area contributed by atoms with Gasteiger partial charge in [0, 0.05) is 48.6 Å². The SMILES string of the molecule is CCC(=N)c1cccnc1NCC(=O)N1C(CC)CCC1CNCC1CC1(Cl)Cl. The van der Waals surface area contributed by atoms with Crippen LogP contribution in [0.3, 0.4) is 0 Å². The van der Waals surface area contributed by atoms with Crippen molar-refractivity contribution in [3.05, 3.63) is 23.9 Å². The summed E-state index contributed by atoms with van der Waals surface area (Å²) in [7, 11) is 0. The summed E-state index contributed by atoms with van der Waals surface area (Å²) >= 11 is 12.2. The number of halogens is 2. The highest BCUT2D eigenvalue weighted by Crippen LogP contribution is 2.52. The van der Waals surface area contributed by atoms with Crippen LogP contribution in [0.1, 0.15) is 51.5 Å². The normalized spacial score (nSPS) is 25.1. The second kappa shape index (κ2) is 9.63. The molecular weight excluding hydrogens is 409 g/mol. The Bertz CT molecular complexity index is 742. The molecule has 1 amide bonds. The summed E-state index contributed by atoms with van der Waals surface area (Å²) in [6.07, 6.45) is 6.12. The minimum Gasteiger partial charge on any atom is -0.360 e. The third-order valence-corrected chi connectivity index (χ3v) is 6.92. The average molecular weight is 440 g/mol. The highest BCUT2D eigenvalue weighted by molar-refractivity contribution is 6.50. The van der Waals surface area contributed by atoms with Crippen LogP contribution in [0, 0.1) is 11.3 Å². The number of anilines is 1. The molecule has 0 radical (unpaired) electrons. The Morgan fingerprint density at radius 3 is 2.69 bits per heavy atom. The molecule has 6 nitrogen and oxygen atoms in total. The van der Waals surface area contributed by atoms with E-state index in [2.05, 4.69) is 22.5 Å². The first-order valence-corrected chi connectivity index (χ1v) is 11.3. The van der Waals surface area contributed by atoms with E-state index in [-0.39, 0.29) is 24.5 Å². The van der Waals surface area contributed by atoms with Crippen LogP contribution in [-0.2, 0) is 4.79 Å². The van der Waals surface area contributed by atoms with Crippen molar-refractivity contribution in [1.29, 1.82) is 5.41 Å². The monoisotopic (exact) mass is 439 g/mol. The van der Waals surface area contributed by atoms with Crippen LogP contribution in [0.15, 0.2) is 18.3 Å². The van der Waals surface area contributed by atoms with Crippen LogP contribution in [0.4, 0.5) is 5.82 Å². The number of hydrogen-bond donors (Lipinski definition) is 3. The molecule has 1 aliphatic heterocycles. The summed E-state index contributed by atoms with van der Waals surface area (Å²) < 4.78 is -0.569. The van der Waals surface area contributed by atoms with Crippen molar-refractivity contribution in [3.63, 3.8) is 0 Å². The van der Waals surface area contributed by atoms with Gasteiger partial charge in [-0.05, 0) is 44.2 Å². The van der Waals surface area contributed by atoms with Gasteiger partial charge in [0.05, 0.1) is 6.54 Å². The first-order chi connectivity index (χ1) is 13.9. The number of alkyl halides is 2. The van der Waals surface area contributed by atoms with Gasteiger partial charge in [-0.15, -0.1) is 23.2 Å². The number of pyridine rings is 1. The molecule has 1 aliphatic carbocycles. The highest BCUT2D eigenvalue weighted by Gasteiger charge is 2.51. The van der Waals surface area contributed by atoms with Crippen LogP contribution in [-0.4, -0.2) is 57.6 Å². The molecule has 0 bridgehead atoms. The number of aromatic nitrogens is 1. The Morgan fingerprint density at radius 2 is 2.03 bits per heavy atom. The number of nitrogens with zero attached hydrogens (tertiary/aromatic N) is 2.